The van der Waals surface area contributed by atoms with Crippen molar-refractivity contribution in [3.63, 3.8) is 0 Å². The number of hydrogen-bond acceptors (Lipinski definition) is 13. The molecule has 2 aliphatic rings. The number of halogens is 4. The third-order valence-corrected chi connectivity index (χ3v) is 9.13. The van der Waals surface area contributed by atoms with Crippen molar-refractivity contribution in [1.82, 2.24) is 49.5 Å². The Labute approximate surface area is 297 Å². The smallest absolute Gasteiger partial charge is 0.253 e. The minimum Gasteiger partial charge on any atom is -0.497 e. The van der Waals surface area contributed by atoms with Crippen molar-refractivity contribution < 1.29 is 31.8 Å². The van der Waals surface area contributed by atoms with E-state index >= 15 is 0 Å². The maximum absolute atomic E-state index is 13.5. The first-order chi connectivity index (χ1) is 25.4. The van der Waals surface area contributed by atoms with Crippen LogP contribution in [0, 0.1) is 0 Å². The highest BCUT2D eigenvalue weighted by atomic mass is 19.3. The molecule has 6 heterocycles. The lowest BCUT2D eigenvalue weighted by atomic mass is 9.92. The van der Waals surface area contributed by atoms with Gasteiger partial charge in [0.05, 0.1) is 19.2 Å². The highest BCUT2D eigenvalue weighted by Crippen LogP contribution is 2.42. The number of anilines is 2. The second-order valence-corrected chi connectivity index (χ2v) is 12.7. The molecule has 0 atom stereocenters. The molecular weight excluding hydrogens is 704 g/mol. The zero-order valence-electron chi connectivity index (χ0n) is 28.3. The summed E-state index contributed by atoms with van der Waals surface area (Å²) in [5, 5.41) is 9.66. The van der Waals surface area contributed by atoms with E-state index < -0.39 is 11.8 Å². The number of nitrogens with one attached hydrogen (secondary N) is 1. The highest BCUT2D eigenvalue weighted by molar-refractivity contribution is 5.91. The summed E-state index contributed by atoms with van der Waals surface area (Å²) in [6, 6.07) is 5.46. The average Bonchev–Trinajstić information content (AvgIpc) is 3.68. The number of rotatable bonds is 7. The molecule has 0 bridgehead atoms. The van der Waals surface area contributed by atoms with Gasteiger partial charge >= 0.3 is 0 Å². The predicted molar refractivity (Wildman–Crippen MR) is 182 cm³/mol. The molecule has 6 aromatic rings. The van der Waals surface area contributed by atoms with E-state index in [-0.39, 0.29) is 91.2 Å². The summed E-state index contributed by atoms with van der Waals surface area (Å²) < 4.78 is 73.8. The summed E-state index contributed by atoms with van der Waals surface area (Å²) >= 11 is 0. The maximum atomic E-state index is 13.5. The lowest BCUT2D eigenvalue weighted by Crippen LogP contribution is -2.26. The number of nitrogen functional groups attached to an aromatic ring is 2. The maximum Gasteiger partial charge on any atom is 0.253 e. The van der Waals surface area contributed by atoms with Gasteiger partial charge in [0.1, 0.15) is 40.8 Å². The summed E-state index contributed by atoms with van der Waals surface area (Å²) in [6.45, 7) is 0. The monoisotopic (exact) mass is 738 g/mol. The summed E-state index contributed by atoms with van der Waals surface area (Å²) in [4.78, 5) is 34.8. The van der Waals surface area contributed by atoms with Crippen molar-refractivity contribution in [2.24, 2.45) is 0 Å². The molecular formula is C33H34F4N12O4. The Kier molecular flexibility index (Phi) is 9.43. The standard InChI is InChI=1S/C17H18F2N6O2.C16H16F2N6O2/c1-26-11-4-7-21-12(8-11)27-16-13-14(20)22-9-23-15(13)25(24-16)10-2-5-17(18,19)6-3-10;17-16(18)4-1-9(2-5-16)24-14-12(13(19)21-8-22-14)15(23-24)26-11-7-10(25)3-6-20-11/h4,7-10H,2-3,5-6H2,1H3,(H2,20,22,23);3,6-9H,1-2,4-5H2,(H,20,25)(H2,19,21,22). The highest BCUT2D eigenvalue weighted by Gasteiger charge is 2.38. The fourth-order valence-electron chi connectivity index (χ4n) is 6.38. The second kappa shape index (κ2) is 14.2. The molecule has 2 saturated carbocycles. The molecule has 5 N–H and O–H groups in total. The van der Waals surface area contributed by atoms with Gasteiger partial charge in [-0.05, 0) is 31.7 Å². The number of H-pyrrole nitrogens is 1. The Morgan fingerprint density at radius 2 is 1.28 bits per heavy atom. The molecule has 0 radical (unpaired) electrons. The quantitative estimate of drug-likeness (QED) is 0.161. The molecule has 2 fully saturated rings. The van der Waals surface area contributed by atoms with Gasteiger partial charge in [0, 0.05) is 56.3 Å². The van der Waals surface area contributed by atoms with Crippen molar-refractivity contribution >= 4 is 33.7 Å². The van der Waals surface area contributed by atoms with Gasteiger partial charge < -0.3 is 30.7 Å². The second-order valence-electron chi connectivity index (χ2n) is 12.7. The molecule has 0 aliphatic heterocycles. The number of aromatic amines is 1. The first-order valence-corrected chi connectivity index (χ1v) is 16.7. The van der Waals surface area contributed by atoms with Crippen LogP contribution in [-0.4, -0.2) is 68.4 Å². The number of ether oxygens (including phenoxy) is 3. The van der Waals surface area contributed by atoms with Crippen LogP contribution in [0.25, 0.3) is 22.1 Å². The van der Waals surface area contributed by atoms with Crippen LogP contribution in [0.2, 0.25) is 0 Å². The Balaban J connectivity index is 0.000000164. The van der Waals surface area contributed by atoms with Crippen molar-refractivity contribution in [1.29, 1.82) is 0 Å². The van der Waals surface area contributed by atoms with E-state index in [1.807, 2.05) is 0 Å². The molecule has 2 aliphatic carbocycles. The zero-order chi connectivity index (χ0) is 37.3. The first-order valence-electron chi connectivity index (χ1n) is 16.7. The molecule has 0 unspecified atom stereocenters. The zero-order valence-corrected chi connectivity index (χ0v) is 28.3. The van der Waals surface area contributed by atoms with E-state index in [4.69, 9.17) is 25.7 Å². The van der Waals surface area contributed by atoms with E-state index in [9.17, 15) is 22.4 Å². The van der Waals surface area contributed by atoms with Crippen molar-refractivity contribution in [3.8, 4) is 29.3 Å². The molecule has 278 valence electrons. The predicted octanol–water partition coefficient (Wildman–Crippen LogP) is 5.99. The van der Waals surface area contributed by atoms with Gasteiger partial charge in [0.2, 0.25) is 23.6 Å². The SMILES string of the molecule is COc1ccnc(Oc2nn(C3CCC(F)(F)CC3)c3ncnc(N)c23)c1.Nc1ncnc2c1c(Oc1cc(=O)cc[nH]1)nn2C1CCC(F)(F)CC1. The Bertz CT molecular complexity index is 2290. The van der Waals surface area contributed by atoms with Crippen LogP contribution < -0.4 is 31.1 Å². The molecule has 16 nitrogen and oxygen atoms in total. The molecule has 0 aromatic carbocycles. The third-order valence-electron chi connectivity index (χ3n) is 9.13. The number of aromatic nitrogens is 10. The summed E-state index contributed by atoms with van der Waals surface area (Å²) in [5.74, 6) is -3.59. The number of nitrogens with zero attached hydrogens (tertiary/aromatic N) is 9. The summed E-state index contributed by atoms with van der Waals surface area (Å²) in [5.41, 5.74) is 12.6. The minimum atomic E-state index is -2.64. The van der Waals surface area contributed by atoms with Crippen molar-refractivity contribution in [3.05, 3.63) is 59.5 Å². The molecule has 6 aromatic heterocycles. The molecule has 0 amide bonds. The van der Waals surface area contributed by atoms with E-state index in [1.165, 1.54) is 44.3 Å². The number of hydrogen-bond donors (Lipinski definition) is 3. The number of pyridine rings is 2. The van der Waals surface area contributed by atoms with Crippen LogP contribution in [0.4, 0.5) is 29.2 Å². The first kappa shape index (κ1) is 35.3. The van der Waals surface area contributed by atoms with E-state index in [2.05, 4.69) is 40.1 Å². The molecule has 8 rings (SSSR count). The Morgan fingerprint density at radius 1 is 0.755 bits per heavy atom. The van der Waals surface area contributed by atoms with Crippen molar-refractivity contribution in [2.45, 2.75) is 75.3 Å². The van der Waals surface area contributed by atoms with Crippen LogP contribution in [0.1, 0.15) is 63.5 Å². The van der Waals surface area contributed by atoms with Gasteiger partial charge in [-0.2, -0.15) is 0 Å². The largest absolute Gasteiger partial charge is 0.497 e. The lowest BCUT2D eigenvalue weighted by molar-refractivity contribution is -0.0452. The van der Waals surface area contributed by atoms with Crippen LogP contribution in [0.15, 0.2) is 54.1 Å². The fourth-order valence-corrected chi connectivity index (χ4v) is 6.38. The number of fused-ring (bicyclic) bond motifs is 2. The van der Waals surface area contributed by atoms with Gasteiger partial charge in [0.15, 0.2) is 16.7 Å². The lowest BCUT2D eigenvalue weighted by Gasteiger charge is -2.28. The molecule has 0 saturated heterocycles. The van der Waals surface area contributed by atoms with Gasteiger partial charge in [-0.15, -0.1) is 10.2 Å². The van der Waals surface area contributed by atoms with E-state index in [0.717, 1.165) is 0 Å². The average molecular weight is 739 g/mol. The Morgan fingerprint density at radius 3 is 1.79 bits per heavy atom. The van der Waals surface area contributed by atoms with Gasteiger partial charge in [0.25, 0.3) is 11.8 Å². The Hall–Kier alpha value is -6.08. The summed E-state index contributed by atoms with van der Waals surface area (Å²) in [7, 11) is 1.54. The van der Waals surface area contributed by atoms with Crippen LogP contribution in [-0.2, 0) is 0 Å². The molecule has 0 spiro atoms. The fraction of sp³-hybridized carbons (Fsp3) is 0.394. The number of alkyl halides is 4. The number of nitrogens with two attached hydrogens (primary N) is 2. The van der Waals surface area contributed by atoms with Crippen LogP contribution >= 0.6 is 0 Å². The topological polar surface area (TPSA) is 213 Å². The normalized spacial score (nSPS) is 17.3. The third kappa shape index (κ3) is 7.61. The van der Waals surface area contributed by atoms with E-state index in [0.29, 0.717) is 40.7 Å². The number of methoxy groups -OCH3 is 1. The van der Waals surface area contributed by atoms with Gasteiger partial charge in [-0.1, -0.05) is 0 Å². The van der Waals surface area contributed by atoms with Crippen LogP contribution in [0.5, 0.6) is 29.3 Å². The van der Waals surface area contributed by atoms with E-state index in [1.54, 1.807) is 21.5 Å². The van der Waals surface area contributed by atoms with Gasteiger partial charge in [-0.3, -0.25) is 4.79 Å². The summed E-state index contributed by atoms with van der Waals surface area (Å²) in [6.07, 6.45) is 5.95. The molecule has 20 heteroatoms. The molecule has 53 heavy (non-hydrogen) atoms. The van der Waals surface area contributed by atoms with Crippen LogP contribution in [0.3, 0.4) is 0 Å². The minimum absolute atomic E-state index is 0.122. The van der Waals surface area contributed by atoms with Gasteiger partial charge in [-0.25, -0.2) is 51.8 Å². The van der Waals surface area contributed by atoms with Crippen molar-refractivity contribution in [2.75, 3.05) is 18.6 Å².